The molecule has 34 heavy (non-hydrogen) atoms. The Labute approximate surface area is 200 Å². The van der Waals surface area contributed by atoms with Crippen LogP contribution in [0.4, 0.5) is 5.69 Å². The summed E-state index contributed by atoms with van der Waals surface area (Å²) in [5.74, 6) is -0.251. The molecule has 6 nitrogen and oxygen atoms in total. The van der Waals surface area contributed by atoms with Crippen molar-refractivity contribution in [2.75, 3.05) is 11.9 Å². The van der Waals surface area contributed by atoms with Crippen molar-refractivity contribution in [3.63, 3.8) is 0 Å². The Hall–Kier alpha value is -3.95. The maximum absolute atomic E-state index is 13.1. The highest BCUT2D eigenvalue weighted by molar-refractivity contribution is 6.04. The fourth-order valence-corrected chi connectivity index (χ4v) is 3.83. The van der Waals surface area contributed by atoms with Crippen molar-refractivity contribution >= 4 is 17.3 Å². The van der Waals surface area contributed by atoms with E-state index in [0.717, 1.165) is 28.1 Å². The van der Waals surface area contributed by atoms with Crippen LogP contribution in [0.25, 0.3) is 5.70 Å². The molecule has 1 aliphatic rings. The molecule has 6 heteroatoms. The number of carbonyl (C=O) groups is 1. The van der Waals surface area contributed by atoms with Crippen molar-refractivity contribution in [2.24, 2.45) is 0 Å². The average molecular weight is 453 g/mol. The lowest BCUT2D eigenvalue weighted by Gasteiger charge is -2.22. The first-order valence-electron chi connectivity index (χ1n) is 11.2. The Balaban J connectivity index is 1.58. The number of hydroxylamine groups is 2. The second-order valence-electron chi connectivity index (χ2n) is 9.39. The predicted molar refractivity (Wildman–Crippen MR) is 133 cm³/mol. The van der Waals surface area contributed by atoms with Gasteiger partial charge in [-0.2, -0.15) is 5.26 Å². The maximum Gasteiger partial charge on any atom is 0.255 e. The van der Waals surface area contributed by atoms with E-state index in [9.17, 15) is 10.1 Å². The fraction of sp³-hybridized carbons (Fsp3) is 0.250. The third kappa shape index (κ3) is 5.16. The lowest BCUT2D eigenvalue weighted by molar-refractivity contribution is -0.0881. The van der Waals surface area contributed by atoms with Gasteiger partial charge in [0, 0.05) is 23.0 Å². The molecule has 172 valence electrons. The lowest BCUT2D eigenvalue weighted by Crippen LogP contribution is -2.19. The molecule has 1 aliphatic heterocycles. The van der Waals surface area contributed by atoms with Gasteiger partial charge < -0.3 is 5.32 Å². The third-order valence-electron chi connectivity index (χ3n) is 5.77. The zero-order valence-electron chi connectivity index (χ0n) is 19.9. The summed E-state index contributed by atoms with van der Waals surface area (Å²) < 4.78 is 0. The van der Waals surface area contributed by atoms with Crippen LogP contribution in [0.15, 0.2) is 66.9 Å². The van der Waals surface area contributed by atoms with E-state index in [2.05, 4.69) is 37.1 Å². The van der Waals surface area contributed by atoms with Gasteiger partial charge in [0.05, 0.1) is 36.2 Å². The van der Waals surface area contributed by atoms with Gasteiger partial charge in [-0.25, -0.2) is 5.06 Å². The summed E-state index contributed by atoms with van der Waals surface area (Å²) in [4.78, 5) is 23.3. The molecular weight excluding hydrogens is 424 g/mol. The van der Waals surface area contributed by atoms with Gasteiger partial charge in [-0.1, -0.05) is 32.9 Å². The molecule has 4 rings (SSSR count). The zero-order valence-corrected chi connectivity index (χ0v) is 19.9. The minimum atomic E-state index is -0.251. The van der Waals surface area contributed by atoms with Gasteiger partial charge in [0.25, 0.3) is 5.91 Å². The highest BCUT2D eigenvalue weighted by Gasteiger charge is 2.22. The highest BCUT2D eigenvalue weighted by atomic mass is 16.7. The van der Waals surface area contributed by atoms with Crippen molar-refractivity contribution in [3.8, 4) is 6.07 Å². The number of anilines is 1. The topological polar surface area (TPSA) is 78.2 Å². The number of nitriles is 1. The molecule has 2 heterocycles. The molecule has 1 N–H and O–H groups in total. The Bertz CT molecular complexity index is 1280. The molecule has 1 aromatic heterocycles. The summed E-state index contributed by atoms with van der Waals surface area (Å²) in [5, 5.41) is 14.3. The van der Waals surface area contributed by atoms with Gasteiger partial charge >= 0.3 is 0 Å². The van der Waals surface area contributed by atoms with Gasteiger partial charge in [0.15, 0.2) is 0 Å². The third-order valence-corrected chi connectivity index (χ3v) is 5.77. The summed E-state index contributed by atoms with van der Waals surface area (Å²) in [6.07, 6.45) is 3.80. The molecule has 0 saturated carbocycles. The van der Waals surface area contributed by atoms with Crippen molar-refractivity contribution < 1.29 is 9.63 Å². The fourth-order valence-electron chi connectivity index (χ4n) is 3.83. The van der Waals surface area contributed by atoms with Crippen LogP contribution in [-0.4, -0.2) is 22.6 Å². The van der Waals surface area contributed by atoms with Crippen molar-refractivity contribution in [1.29, 1.82) is 5.26 Å². The Morgan fingerprint density at radius 3 is 2.71 bits per heavy atom. The summed E-state index contributed by atoms with van der Waals surface area (Å²) in [6.45, 7) is 9.22. The smallest absolute Gasteiger partial charge is 0.255 e. The summed E-state index contributed by atoms with van der Waals surface area (Å²) in [5.41, 5.74) is 6.28. The van der Waals surface area contributed by atoms with Crippen LogP contribution in [0.2, 0.25) is 0 Å². The van der Waals surface area contributed by atoms with Crippen molar-refractivity contribution in [1.82, 2.24) is 10.0 Å². The number of pyridine rings is 1. The Morgan fingerprint density at radius 2 is 2.00 bits per heavy atom. The highest BCUT2D eigenvalue weighted by Crippen LogP contribution is 2.31. The SMILES string of the molecule is Cc1ccc(NC(=O)c2cc(C#N)cc(C(C)(C)C)c2)cc1C1=CCON1Cc1ccccn1. The number of amides is 1. The van der Waals surface area contributed by atoms with Gasteiger partial charge in [0.2, 0.25) is 0 Å². The second-order valence-corrected chi connectivity index (χ2v) is 9.39. The first-order valence-corrected chi connectivity index (χ1v) is 11.2. The molecule has 3 aromatic rings. The van der Waals surface area contributed by atoms with E-state index in [1.165, 1.54) is 0 Å². The van der Waals surface area contributed by atoms with Gasteiger partial charge in [-0.15, -0.1) is 0 Å². The van der Waals surface area contributed by atoms with Crippen LogP contribution in [-0.2, 0) is 16.8 Å². The molecule has 0 fully saturated rings. The predicted octanol–water partition coefficient (Wildman–Crippen LogP) is 5.60. The molecule has 1 amide bonds. The van der Waals surface area contributed by atoms with E-state index in [0.29, 0.717) is 30.0 Å². The van der Waals surface area contributed by atoms with E-state index >= 15 is 0 Å². The van der Waals surface area contributed by atoms with E-state index in [-0.39, 0.29) is 11.3 Å². The molecule has 0 bridgehead atoms. The van der Waals surface area contributed by atoms with Crippen LogP contribution in [0.1, 0.15) is 59.1 Å². The van der Waals surface area contributed by atoms with E-state index in [1.807, 2.05) is 66.6 Å². The average Bonchev–Trinajstić information content (AvgIpc) is 3.27. The normalized spacial score (nSPS) is 13.4. The molecular formula is C28H28N4O2. The van der Waals surface area contributed by atoms with Gasteiger partial charge in [-0.3, -0.25) is 14.6 Å². The molecule has 0 saturated heterocycles. The van der Waals surface area contributed by atoms with Gasteiger partial charge in [-0.05, 0) is 72.0 Å². The van der Waals surface area contributed by atoms with Crippen LogP contribution in [0.3, 0.4) is 0 Å². The number of hydrogen-bond acceptors (Lipinski definition) is 5. The standard InChI is InChI=1S/C28H28N4O2/c1-19-8-9-23(31-27(33)21-13-20(17-29)14-22(15-21)28(2,3)4)16-25(19)26-10-12-34-32(26)18-24-7-5-6-11-30-24/h5-11,13-16H,12,18H2,1-4H3,(H,31,33). The van der Waals surface area contributed by atoms with Crippen LogP contribution in [0.5, 0.6) is 0 Å². The molecule has 0 radical (unpaired) electrons. The van der Waals surface area contributed by atoms with Crippen LogP contribution < -0.4 is 5.32 Å². The molecule has 0 aliphatic carbocycles. The summed E-state index contributed by atoms with van der Waals surface area (Å²) in [6, 6.07) is 19.1. The largest absolute Gasteiger partial charge is 0.322 e. The van der Waals surface area contributed by atoms with Gasteiger partial charge in [0.1, 0.15) is 0 Å². The number of benzene rings is 2. The van der Waals surface area contributed by atoms with E-state index < -0.39 is 0 Å². The quantitative estimate of drug-likeness (QED) is 0.545. The molecule has 0 atom stereocenters. The van der Waals surface area contributed by atoms with Crippen molar-refractivity contribution in [3.05, 3.63) is 100 Å². The number of aromatic nitrogens is 1. The minimum absolute atomic E-state index is 0.176. The number of hydrogen-bond donors (Lipinski definition) is 1. The number of nitrogens with one attached hydrogen (secondary N) is 1. The summed E-state index contributed by atoms with van der Waals surface area (Å²) in [7, 11) is 0. The van der Waals surface area contributed by atoms with E-state index in [4.69, 9.17) is 4.84 Å². The first-order chi connectivity index (χ1) is 16.2. The second kappa shape index (κ2) is 9.50. The maximum atomic E-state index is 13.1. The zero-order chi connectivity index (χ0) is 24.3. The number of nitrogens with zero attached hydrogens (tertiary/aromatic N) is 3. The monoisotopic (exact) mass is 452 g/mol. The Kier molecular flexibility index (Phi) is 6.49. The first kappa shape index (κ1) is 23.2. The lowest BCUT2D eigenvalue weighted by atomic mass is 9.85. The summed E-state index contributed by atoms with van der Waals surface area (Å²) >= 11 is 0. The molecule has 0 spiro atoms. The van der Waals surface area contributed by atoms with Crippen LogP contribution >= 0.6 is 0 Å². The minimum Gasteiger partial charge on any atom is -0.322 e. The van der Waals surface area contributed by atoms with Crippen molar-refractivity contribution in [2.45, 2.75) is 39.7 Å². The molecule has 0 unspecified atom stereocenters. The number of carbonyl (C=O) groups excluding carboxylic acids is 1. The van der Waals surface area contributed by atoms with Crippen LogP contribution in [0, 0.1) is 18.3 Å². The molecule has 2 aromatic carbocycles. The number of aryl methyl sites for hydroxylation is 1. The Morgan fingerprint density at radius 1 is 1.18 bits per heavy atom. The van der Waals surface area contributed by atoms with E-state index in [1.54, 1.807) is 12.3 Å². The number of rotatable bonds is 5.